The van der Waals surface area contributed by atoms with Gasteiger partial charge in [0.1, 0.15) is 17.0 Å². The first-order valence-corrected chi connectivity index (χ1v) is 13.4. The smallest absolute Gasteiger partial charge is 0.341 e. The number of rotatable bonds is 4. The highest BCUT2D eigenvalue weighted by Crippen LogP contribution is 2.48. The van der Waals surface area contributed by atoms with Gasteiger partial charge in [0, 0.05) is 72.5 Å². The lowest BCUT2D eigenvalue weighted by molar-refractivity contribution is 0.0694. The molecule has 0 saturated carbocycles. The molecule has 0 radical (unpaired) electrons. The van der Waals surface area contributed by atoms with Gasteiger partial charge in [-0.3, -0.25) is 9.20 Å². The van der Waals surface area contributed by atoms with Crippen LogP contribution in [0.25, 0.3) is 43.4 Å². The van der Waals surface area contributed by atoms with E-state index in [1.807, 2.05) is 6.07 Å². The highest BCUT2D eigenvalue weighted by Gasteiger charge is 2.42. The number of hydrogen-bond donors (Lipinski definition) is 3. The van der Waals surface area contributed by atoms with Gasteiger partial charge in [0.05, 0.1) is 23.5 Å². The van der Waals surface area contributed by atoms with Gasteiger partial charge in [-0.25, -0.2) is 19.0 Å². The van der Waals surface area contributed by atoms with Crippen molar-refractivity contribution in [3.8, 4) is 11.1 Å². The molecule has 2 aliphatic heterocycles. The minimum atomic E-state index is -1.29. The second-order valence-electron chi connectivity index (χ2n) is 10.8. The van der Waals surface area contributed by atoms with E-state index in [1.165, 1.54) is 16.5 Å². The summed E-state index contributed by atoms with van der Waals surface area (Å²) in [5, 5.41) is 13.7. The van der Waals surface area contributed by atoms with Crippen molar-refractivity contribution in [2.24, 2.45) is 5.92 Å². The van der Waals surface area contributed by atoms with Crippen molar-refractivity contribution in [2.75, 3.05) is 43.9 Å². The van der Waals surface area contributed by atoms with E-state index in [0.29, 0.717) is 50.2 Å². The van der Waals surface area contributed by atoms with E-state index in [4.69, 9.17) is 11.6 Å². The van der Waals surface area contributed by atoms with Crippen molar-refractivity contribution in [3.63, 3.8) is 0 Å². The molecule has 7 rings (SSSR count). The van der Waals surface area contributed by atoms with Gasteiger partial charge in [-0.05, 0) is 43.7 Å². The zero-order valence-electron chi connectivity index (χ0n) is 22.4. The molecule has 6 heterocycles. The summed E-state index contributed by atoms with van der Waals surface area (Å²) in [5.74, 6) is -1.45. The van der Waals surface area contributed by atoms with E-state index in [9.17, 15) is 14.7 Å². The standard InChI is InChI=1S/C30H26FN7O3/c1-32-21-10-20(31)25(33-2)23-24-27(37-9-8-16-12-36(3)14-22(16)37)19(11-34-28(24)35-26(21)23)15-4-5-17-6-7-18(30(40)41)29(39)38(17)13-15/h4-7,10-11,13,16,22,32H,8-9,12,14H2,1,3H3,(H,34,35)(H,40,41)/t16-,22+/m0/s1. The van der Waals surface area contributed by atoms with Crippen LogP contribution in [-0.4, -0.2) is 70.1 Å². The Hall–Kier alpha value is -4.95. The van der Waals surface area contributed by atoms with Crippen LogP contribution in [0.2, 0.25) is 0 Å². The number of carboxylic acid groups (broad SMARTS) is 1. The van der Waals surface area contributed by atoms with Gasteiger partial charge < -0.3 is 25.2 Å². The van der Waals surface area contributed by atoms with Gasteiger partial charge >= 0.3 is 5.97 Å². The van der Waals surface area contributed by atoms with Crippen LogP contribution in [0.4, 0.5) is 21.5 Å². The van der Waals surface area contributed by atoms with Gasteiger partial charge in [-0.2, -0.15) is 0 Å². The van der Waals surface area contributed by atoms with Gasteiger partial charge in [0.15, 0.2) is 0 Å². The SMILES string of the molecule is [C-]#[N+]c1c(F)cc(NC)c2[nH]c3ncc(-c4ccc5ccc(C(=O)O)c(=O)n5c4)c(N4CC[C@H]5CN(C)C[C@H]54)c3c12. The van der Waals surface area contributed by atoms with E-state index < -0.39 is 17.3 Å². The van der Waals surface area contributed by atoms with E-state index in [1.54, 1.807) is 31.6 Å². The first-order chi connectivity index (χ1) is 19.8. The Labute approximate surface area is 233 Å². The molecule has 2 fully saturated rings. The van der Waals surface area contributed by atoms with Crippen molar-refractivity contribution < 1.29 is 14.3 Å². The zero-order valence-corrected chi connectivity index (χ0v) is 22.4. The number of pyridine rings is 3. The molecular formula is C30H26FN7O3. The number of hydrogen-bond acceptors (Lipinski definition) is 6. The number of H-pyrrole nitrogens is 1. The lowest BCUT2D eigenvalue weighted by atomic mass is 10.00. The van der Waals surface area contributed by atoms with Crippen LogP contribution >= 0.6 is 0 Å². The summed E-state index contributed by atoms with van der Waals surface area (Å²) in [4.78, 5) is 41.1. The zero-order chi connectivity index (χ0) is 28.6. The molecule has 2 aliphatic rings. The normalized spacial score (nSPS) is 18.8. The summed E-state index contributed by atoms with van der Waals surface area (Å²) < 4.78 is 16.6. The van der Waals surface area contributed by atoms with Gasteiger partial charge in [-0.15, -0.1) is 0 Å². The number of aromatic carboxylic acids is 1. The summed E-state index contributed by atoms with van der Waals surface area (Å²) in [6.07, 6.45) is 4.36. The molecule has 10 nitrogen and oxygen atoms in total. The van der Waals surface area contributed by atoms with Crippen LogP contribution in [0, 0.1) is 18.3 Å². The second kappa shape index (κ2) is 9.04. The number of nitrogens with one attached hydrogen (secondary N) is 2. The van der Waals surface area contributed by atoms with Crippen LogP contribution in [0.5, 0.6) is 0 Å². The molecule has 206 valence electrons. The first kappa shape index (κ1) is 25.0. The van der Waals surface area contributed by atoms with Crippen molar-refractivity contribution in [3.05, 3.63) is 75.9 Å². The molecule has 3 N–H and O–H groups in total. The molecule has 0 unspecified atom stereocenters. The number of aromatic nitrogens is 3. The first-order valence-electron chi connectivity index (χ1n) is 13.4. The van der Waals surface area contributed by atoms with Crippen LogP contribution < -0.4 is 15.8 Å². The molecule has 1 aromatic carbocycles. The molecule has 0 bridgehead atoms. The third-order valence-electron chi connectivity index (χ3n) is 8.59. The molecule has 0 spiro atoms. The average molecular weight is 552 g/mol. The van der Waals surface area contributed by atoms with Crippen LogP contribution in [-0.2, 0) is 0 Å². The summed E-state index contributed by atoms with van der Waals surface area (Å²) in [5.41, 5.74) is 3.38. The van der Waals surface area contributed by atoms with E-state index in [0.717, 1.165) is 31.7 Å². The third kappa shape index (κ3) is 3.61. The molecule has 5 aromatic rings. The van der Waals surface area contributed by atoms with Crippen molar-refractivity contribution in [2.45, 2.75) is 12.5 Å². The Bertz CT molecular complexity index is 2030. The number of carboxylic acids is 1. The average Bonchev–Trinajstić information content (AvgIpc) is 3.64. The highest BCUT2D eigenvalue weighted by molar-refractivity contribution is 6.22. The molecular weight excluding hydrogens is 525 g/mol. The number of likely N-dealkylation sites (N-methyl/N-ethyl adjacent to an activating group) is 1. The quantitative estimate of drug-likeness (QED) is 0.281. The van der Waals surface area contributed by atoms with Crippen LogP contribution in [0.1, 0.15) is 16.8 Å². The number of carbonyl (C=O) groups is 1. The topological polar surface area (TPSA) is 110 Å². The Morgan fingerprint density at radius 3 is 2.80 bits per heavy atom. The third-order valence-corrected chi connectivity index (χ3v) is 8.59. The summed E-state index contributed by atoms with van der Waals surface area (Å²) >= 11 is 0. The predicted octanol–water partition coefficient (Wildman–Crippen LogP) is 4.57. The number of halogens is 1. The van der Waals surface area contributed by atoms with Crippen LogP contribution in [0.15, 0.2) is 47.5 Å². The number of benzene rings is 1. The Morgan fingerprint density at radius 2 is 2.05 bits per heavy atom. The number of fused-ring (bicyclic) bond motifs is 5. The number of aromatic amines is 1. The van der Waals surface area contributed by atoms with E-state index in [-0.39, 0.29) is 17.3 Å². The van der Waals surface area contributed by atoms with Crippen molar-refractivity contribution in [1.29, 1.82) is 0 Å². The maximum atomic E-state index is 15.3. The number of anilines is 2. The summed E-state index contributed by atoms with van der Waals surface area (Å²) in [6.45, 7) is 10.5. The number of likely N-dealkylation sites (tertiary alicyclic amines) is 1. The molecule has 0 aliphatic carbocycles. The molecule has 2 atom stereocenters. The minimum absolute atomic E-state index is 0.0782. The van der Waals surface area contributed by atoms with Crippen LogP contribution in [0.3, 0.4) is 0 Å². The summed E-state index contributed by atoms with van der Waals surface area (Å²) in [7, 11) is 3.81. The second-order valence-corrected chi connectivity index (χ2v) is 10.8. The Balaban J connectivity index is 1.58. The summed E-state index contributed by atoms with van der Waals surface area (Å²) in [6, 6.07) is 8.08. The fraction of sp³-hybridized carbons (Fsp3) is 0.267. The Kier molecular flexibility index (Phi) is 5.52. The molecule has 11 heteroatoms. The highest BCUT2D eigenvalue weighted by atomic mass is 19.1. The maximum Gasteiger partial charge on any atom is 0.341 e. The fourth-order valence-corrected chi connectivity index (χ4v) is 6.75. The molecule has 41 heavy (non-hydrogen) atoms. The van der Waals surface area contributed by atoms with Gasteiger partial charge in [-0.1, -0.05) is 6.07 Å². The maximum absolute atomic E-state index is 15.3. The lowest BCUT2D eigenvalue weighted by Crippen LogP contribution is -2.35. The minimum Gasteiger partial charge on any atom is -0.477 e. The van der Waals surface area contributed by atoms with E-state index in [2.05, 4.69) is 32.0 Å². The monoisotopic (exact) mass is 551 g/mol. The molecule has 0 amide bonds. The van der Waals surface area contributed by atoms with Crippen molar-refractivity contribution in [1.82, 2.24) is 19.3 Å². The van der Waals surface area contributed by atoms with Gasteiger partial charge in [0.25, 0.3) is 5.56 Å². The van der Waals surface area contributed by atoms with Gasteiger partial charge in [0.2, 0.25) is 5.69 Å². The predicted molar refractivity (Wildman–Crippen MR) is 156 cm³/mol. The molecule has 2 saturated heterocycles. The van der Waals surface area contributed by atoms with E-state index >= 15 is 4.39 Å². The fourth-order valence-electron chi connectivity index (χ4n) is 6.75. The largest absolute Gasteiger partial charge is 0.477 e. The number of nitrogens with zero attached hydrogens (tertiary/aromatic N) is 5. The molecule has 4 aromatic heterocycles. The Morgan fingerprint density at radius 1 is 1.24 bits per heavy atom. The van der Waals surface area contributed by atoms with Crippen molar-refractivity contribution >= 4 is 50.5 Å². The lowest BCUT2D eigenvalue weighted by Gasteiger charge is -2.29.